The van der Waals surface area contributed by atoms with E-state index in [1.807, 2.05) is 0 Å². The largest absolute Gasteiger partial charge is 0.311 e. The van der Waals surface area contributed by atoms with Gasteiger partial charge in [0.25, 0.3) is 0 Å². The minimum atomic E-state index is -0.0399. The van der Waals surface area contributed by atoms with E-state index in [0.717, 1.165) is 29.9 Å². The molecule has 0 spiro atoms. The maximum Gasteiger partial charge on any atom is 0.0462 e. The highest BCUT2D eigenvalue weighted by Crippen LogP contribution is 2.55. The summed E-state index contributed by atoms with van der Waals surface area (Å²) in [5.74, 6) is 0. The van der Waals surface area contributed by atoms with E-state index >= 15 is 0 Å². The first-order chi connectivity index (χ1) is 25.5. The second-order valence-corrected chi connectivity index (χ2v) is 14.5. The Balaban J connectivity index is 1.13. The highest BCUT2D eigenvalue weighted by molar-refractivity contribution is 5.97. The molecule has 0 saturated carbocycles. The van der Waals surface area contributed by atoms with Crippen LogP contribution in [0.15, 0.2) is 194 Å². The molecular weight excluding hydrogens is 627 g/mol. The Morgan fingerprint density at radius 2 is 0.769 bits per heavy atom. The summed E-state index contributed by atoms with van der Waals surface area (Å²) in [7, 11) is 0. The first kappa shape index (κ1) is 31.8. The molecule has 0 N–H and O–H groups in total. The molecule has 0 unspecified atom stereocenters. The van der Waals surface area contributed by atoms with E-state index in [-0.39, 0.29) is 5.41 Å². The molecule has 1 nitrogen and oxygen atoms in total. The van der Waals surface area contributed by atoms with Crippen LogP contribution in [-0.2, 0) is 5.41 Å². The Labute approximate surface area is 307 Å². The van der Waals surface area contributed by atoms with Crippen LogP contribution in [0.2, 0.25) is 0 Å². The molecule has 7 aromatic carbocycles. The third-order valence-corrected chi connectivity index (χ3v) is 10.9. The molecule has 1 heteroatoms. The molecule has 0 bridgehead atoms. The van der Waals surface area contributed by atoms with Crippen molar-refractivity contribution in [3.63, 3.8) is 0 Å². The van der Waals surface area contributed by atoms with Crippen molar-refractivity contribution >= 4 is 22.6 Å². The zero-order valence-corrected chi connectivity index (χ0v) is 29.8. The summed E-state index contributed by atoms with van der Waals surface area (Å²) >= 11 is 0. The lowest BCUT2D eigenvalue weighted by atomic mass is 9.77. The monoisotopic (exact) mass is 667 g/mol. The molecule has 0 aromatic heterocycles. The summed E-state index contributed by atoms with van der Waals surface area (Å²) in [5.41, 5.74) is 19.0. The molecule has 0 fully saturated rings. The molecule has 0 radical (unpaired) electrons. The van der Waals surface area contributed by atoms with Gasteiger partial charge in [-0.3, -0.25) is 0 Å². The van der Waals surface area contributed by atoms with Crippen molar-refractivity contribution < 1.29 is 0 Å². The third-order valence-electron chi connectivity index (χ3n) is 10.9. The van der Waals surface area contributed by atoms with E-state index in [4.69, 9.17) is 0 Å². The van der Waals surface area contributed by atoms with Crippen LogP contribution in [0.3, 0.4) is 0 Å². The third kappa shape index (κ3) is 5.69. The van der Waals surface area contributed by atoms with E-state index in [9.17, 15) is 0 Å². The van der Waals surface area contributed by atoms with Crippen molar-refractivity contribution in [1.82, 2.24) is 0 Å². The summed E-state index contributed by atoms with van der Waals surface area (Å²) < 4.78 is 0. The van der Waals surface area contributed by atoms with Crippen LogP contribution >= 0.6 is 0 Å². The van der Waals surface area contributed by atoms with Gasteiger partial charge in [0.15, 0.2) is 0 Å². The van der Waals surface area contributed by atoms with Crippen molar-refractivity contribution in [3.05, 3.63) is 205 Å². The number of hydrogen-bond acceptors (Lipinski definition) is 1. The van der Waals surface area contributed by atoms with Gasteiger partial charge in [-0.15, -0.1) is 0 Å². The smallest absolute Gasteiger partial charge is 0.0462 e. The van der Waals surface area contributed by atoms with Crippen LogP contribution in [0.5, 0.6) is 0 Å². The normalized spacial score (nSPS) is 14.2. The summed E-state index contributed by atoms with van der Waals surface area (Å²) in [6, 6.07) is 64.0. The van der Waals surface area contributed by atoms with Crippen molar-refractivity contribution in [2.24, 2.45) is 0 Å². The van der Waals surface area contributed by atoms with Gasteiger partial charge in [-0.25, -0.2) is 0 Å². The minimum absolute atomic E-state index is 0.0399. The Bertz CT molecular complexity index is 2330. The SMILES string of the molecule is CC1(C)C2=CCCC=C2c2cc(-c3ccc(N(c4ccc(-c5ccccc5)cc4)c4ccc(-c5ccccc5)cc4)cc3)cc(-c3ccccc3)c21. The quantitative estimate of drug-likeness (QED) is 0.164. The molecule has 0 saturated heterocycles. The van der Waals surface area contributed by atoms with Gasteiger partial charge >= 0.3 is 0 Å². The molecule has 7 aromatic rings. The lowest BCUT2D eigenvalue weighted by Crippen LogP contribution is -2.17. The fraction of sp³-hybridized carbons (Fsp3) is 0.0980. The number of fused-ring (bicyclic) bond motifs is 3. The van der Waals surface area contributed by atoms with Gasteiger partial charge in [0.05, 0.1) is 0 Å². The van der Waals surface area contributed by atoms with E-state index < -0.39 is 0 Å². The van der Waals surface area contributed by atoms with Crippen LogP contribution in [0.4, 0.5) is 17.1 Å². The van der Waals surface area contributed by atoms with Crippen molar-refractivity contribution in [2.75, 3.05) is 4.90 Å². The Morgan fingerprint density at radius 3 is 1.25 bits per heavy atom. The fourth-order valence-electron chi connectivity index (χ4n) is 8.31. The molecule has 0 amide bonds. The molecule has 0 atom stereocenters. The number of allylic oxidation sites excluding steroid dienone is 4. The average molecular weight is 668 g/mol. The standard InChI is InChI=1S/C51H41N/c1-51(2)49-21-13-12-20-46(49)48-35-42(34-47(50(48)51)41-18-10-5-11-19-41)40-26-32-45(33-27-40)52(43-28-22-38(23-29-43)36-14-6-3-7-15-36)44-30-24-39(25-31-44)37-16-8-4-9-17-37/h3-11,14-35H,12-13H2,1-2H3. The molecule has 0 aliphatic heterocycles. The molecule has 9 rings (SSSR count). The minimum Gasteiger partial charge on any atom is -0.311 e. The number of rotatable bonds is 7. The van der Waals surface area contributed by atoms with Crippen LogP contribution < -0.4 is 4.90 Å². The van der Waals surface area contributed by atoms with Crippen molar-refractivity contribution in [2.45, 2.75) is 32.1 Å². The number of nitrogens with zero attached hydrogens (tertiary/aromatic N) is 1. The van der Waals surface area contributed by atoms with Crippen LogP contribution in [0.1, 0.15) is 37.8 Å². The molecule has 52 heavy (non-hydrogen) atoms. The molecule has 2 aliphatic rings. The number of hydrogen-bond donors (Lipinski definition) is 0. The number of anilines is 3. The highest BCUT2D eigenvalue weighted by atomic mass is 15.1. The first-order valence-electron chi connectivity index (χ1n) is 18.4. The highest BCUT2D eigenvalue weighted by Gasteiger charge is 2.41. The fourth-order valence-corrected chi connectivity index (χ4v) is 8.31. The maximum absolute atomic E-state index is 2.48. The first-order valence-corrected chi connectivity index (χ1v) is 18.4. The van der Waals surface area contributed by atoms with Crippen molar-refractivity contribution in [3.8, 4) is 44.5 Å². The van der Waals surface area contributed by atoms with E-state index in [1.165, 1.54) is 66.8 Å². The van der Waals surface area contributed by atoms with Gasteiger partial charge < -0.3 is 4.90 Å². The zero-order valence-electron chi connectivity index (χ0n) is 29.8. The van der Waals surface area contributed by atoms with Crippen LogP contribution in [0, 0.1) is 0 Å². The van der Waals surface area contributed by atoms with E-state index in [1.54, 1.807) is 0 Å². The predicted molar refractivity (Wildman–Crippen MR) is 221 cm³/mol. The van der Waals surface area contributed by atoms with Crippen molar-refractivity contribution in [1.29, 1.82) is 0 Å². The lowest BCUT2D eigenvalue weighted by Gasteiger charge is -2.27. The van der Waals surface area contributed by atoms with Gasteiger partial charge in [0.2, 0.25) is 0 Å². The molecule has 0 heterocycles. The Hall–Kier alpha value is -6.18. The molecular formula is C51H41N. The average Bonchev–Trinajstić information content (AvgIpc) is 3.45. The maximum atomic E-state index is 2.48. The summed E-state index contributed by atoms with van der Waals surface area (Å²) in [6.07, 6.45) is 7.16. The second-order valence-electron chi connectivity index (χ2n) is 14.5. The summed E-state index contributed by atoms with van der Waals surface area (Å²) in [6.45, 7) is 4.80. The topological polar surface area (TPSA) is 3.24 Å². The Kier molecular flexibility index (Phi) is 8.05. The van der Waals surface area contributed by atoms with E-state index in [0.29, 0.717) is 0 Å². The van der Waals surface area contributed by atoms with Crippen LogP contribution in [0.25, 0.3) is 50.1 Å². The summed E-state index contributed by atoms with van der Waals surface area (Å²) in [5, 5.41) is 0. The summed E-state index contributed by atoms with van der Waals surface area (Å²) in [4.78, 5) is 2.36. The van der Waals surface area contributed by atoms with Gasteiger partial charge in [-0.05, 0) is 128 Å². The second kappa shape index (κ2) is 13.2. The van der Waals surface area contributed by atoms with Crippen LogP contribution in [-0.4, -0.2) is 0 Å². The predicted octanol–water partition coefficient (Wildman–Crippen LogP) is 14.2. The van der Waals surface area contributed by atoms with Gasteiger partial charge in [-0.2, -0.15) is 0 Å². The zero-order chi connectivity index (χ0) is 35.1. The molecule has 250 valence electrons. The van der Waals surface area contributed by atoms with E-state index in [2.05, 4.69) is 207 Å². The molecule has 2 aliphatic carbocycles. The number of benzene rings is 7. The lowest BCUT2D eigenvalue weighted by molar-refractivity contribution is 0.656. The Morgan fingerprint density at radius 1 is 0.385 bits per heavy atom. The van der Waals surface area contributed by atoms with Gasteiger partial charge in [0, 0.05) is 22.5 Å². The van der Waals surface area contributed by atoms with Gasteiger partial charge in [0.1, 0.15) is 0 Å². The van der Waals surface area contributed by atoms with Gasteiger partial charge in [-0.1, -0.05) is 153 Å².